The van der Waals surface area contributed by atoms with Crippen LogP contribution in [0.15, 0.2) is 41.8 Å². The normalized spacial score (nSPS) is 10.6. The molecule has 0 spiro atoms. The van der Waals surface area contributed by atoms with Gasteiger partial charge < -0.3 is 4.74 Å². The number of thiophene rings is 1. The van der Waals surface area contributed by atoms with Gasteiger partial charge in [0.25, 0.3) is 0 Å². The average Bonchev–Trinajstić information content (AvgIpc) is 2.80. The Morgan fingerprint density at radius 1 is 1.12 bits per heavy atom. The molecule has 0 bridgehead atoms. The molecule has 0 saturated heterocycles. The van der Waals surface area contributed by atoms with E-state index in [1.54, 1.807) is 11.3 Å². The third kappa shape index (κ3) is 3.88. The van der Waals surface area contributed by atoms with Crippen LogP contribution in [-0.2, 0) is 17.8 Å². The molecule has 0 atom stereocenters. The lowest BCUT2D eigenvalue weighted by Crippen LogP contribution is -1.97. The third-order valence-electron chi connectivity index (χ3n) is 2.25. The molecular weight excluding hydrogens is 331 g/mol. The van der Waals surface area contributed by atoms with Crippen molar-refractivity contribution >= 4 is 33.9 Å². The second kappa shape index (κ2) is 6.37. The van der Waals surface area contributed by atoms with Crippen molar-refractivity contribution < 1.29 is 4.74 Å². The molecule has 1 aromatic carbocycles. The first-order valence-electron chi connectivity index (χ1n) is 5.19. The van der Waals surface area contributed by atoms with E-state index in [0.717, 1.165) is 13.0 Å². The number of ether oxygens (including phenoxy) is 1. The van der Waals surface area contributed by atoms with E-state index in [4.69, 9.17) is 4.74 Å². The standard InChI is InChI=1S/C13H13IOS/c14-12-5-3-11(4-6-12)10-15-8-7-13-2-1-9-16-13/h1-6,9H,7-8,10H2. The highest BCUT2D eigenvalue weighted by Crippen LogP contribution is 2.10. The van der Waals surface area contributed by atoms with Gasteiger partial charge in [0.1, 0.15) is 0 Å². The van der Waals surface area contributed by atoms with Crippen LogP contribution in [0.2, 0.25) is 0 Å². The van der Waals surface area contributed by atoms with E-state index in [2.05, 4.69) is 64.4 Å². The summed E-state index contributed by atoms with van der Waals surface area (Å²) in [5.74, 6) is 0. The van der Waals surface area contributed by atoms with Gasteiger partial charge in [0, 0.05) is 14.9 Å². The fourth-order valence-corrected chi connectivity index (χ4v) is 2.45. The fourth-order valence-electron chi connectivity index (χ4n) is 1.40. The minimum atomic E-state index is 0.711. The molecule has 1 aromatic heterocycles. The quantitative estimate of drug-likeness (QED) is 0.586. The molecule has 0 aliphatic rings. The number of benzene rings is 1. The van der Waals surface area contributed by atoms with E-state index in [1.807, 2.05) is 0 Å². The highest BCUT2D eigenvalue weighted by atomic mass is 127. The van der Waals surface area contributed by atoms with E-state index in [0.29, 0.717) is 6.61 Å². The topological polar surface area (TPSA) is 9.23 Å². The highest BCUT2D eigenvalue weighted by Gasteiger charge is 1.96. The summed E-state index contributed by atoms with van der Waals surface area (Å²) >= 11 is 4.10. The van der Waals surface area contributed by atoms with Crippen LogP contribution in [-0.4, -0.2) is 6.61 Å². The lowest BCUT2D eigenvalue weighted by atomic mass is 10.2. The predicted octanol–water partition coefficient (Wildman–Crippen LogP) is 4.11. The van der Waals surface area contributed by atoms with Gasteiger partial charge in [-0.2, -0.15) is 0 Å². The summed E-state index contributed by atoms with van der Waals surface area (Å²) in [7, 11) is 0. The predicted molar refractivity (Wildman–Crippen MR) is 76.8 cm³/mol. The van der Waals surface area contributed by atoms with Crippen molar-refractivity contribution in [1.82, 2.24) is 0 Å². The molecular formula is C13H13IOS. The Kier molecular flexibility index (Phi) is 4.81. The summed E-state index contributed by atoms with van der Waals surface area (Å²) < 4.78 is 6.90. The molecule has 0 saturated carbocycles. The molecule has 0 amide bonds. The van der Waals surface area contributed by atoms with Crippen LogP contribution in [0.5, 0.6) is 0 Å². The summed E-state index contributed by atoms with van der Waals surface area (Å²) in [6.07, 6.45) is 1.02. The van der Waals surface area contributed by atoms with E-state index < -0.39 is 0 Å². The van der Waals surface area contributed by atoms with Crippen LogP contribution >= 0.6 is 33.9 Å². The molecule has 2 rings (SSSR count). The molecule has 1 heterocycles. The molecule has 0 N–H and O–H groups in total. The molecule has 16 heavy (non-hydrogen) atoms. The Morgan fingerprint density at radius 2 is 1.94 bits per heavy atom. The minimum Gasteiger partial charge on any atom is -0.376 e. The number of halogens is 1. The van der Waals surface area contributed by atoms with Gasteiger partial charge in [0.15, 0.2) is 0 Å². The van der Waals surface area contributed by atoms with E-state index in [1.165, 1.54) is 14.0 Å². The maximum Gasteiger partial charge on any atom is 0.0717 e. The summed E-state index contributed by atoms with van der Waals surface area (Å²) in [4.78, 5) is 1.39. The van der Waals surface area contributed by atoms with Gasteiger partial charge in [0.05, 0.1) is 13.2 Å². The van der Waals surface area contributed by atoms with Crippen LogP contribution in [0.1, 0.15) is 10.4 Å². The zero-order valence-corrected chi connectivity index (χ0v) is 11.8. The third-order valence-corrected chi connectivity index (χ3v) is 3.91. The van der Waals surface area contributed by atoms with Crippen molar-refractivity contribution in [3.8, 4) is 0 Å². The second-order valence-corrected chi connectivity index (χ2v) is 5.79. The molecule has 0 aliphatic heterocycles. The Hall–Kier alpha value is -0.390. The van der Waals surface area contributed by atoms with Crippen molar-refractivity contribution in [2.75, 3.05) is 6.61 Å². The van der Waals surface area contributed by atoms with Crippen molar-refractivity contribution in [1.29, 1.82) is 0 Å². The lowest BCUT2D eigenvalue weighted by Gasteiger charge is -2.03. The van der Waals surface area contributed by atoms with Crippen LogP contribution in [0.4, 0.5) is 0 Å². The van der Waals surface area contributed by atoms with Gasteiger partial charge in [-0.25, -0.2) is 0 Å². The first kappa shape index (κ1) is 12.1. The molecule has 2 aromatic rings. The molecule has 1 nitrogen and oxygen atoms in total. The van der Waals surface area contributed by atoms with Crippen LogP contribution in [0.3, 0.4) is 0 Å². The minimum absolute atomic E-state index is 0.711. The fraction of sp³-hybridized carbons (Fsp3) is 0.231. The van der Waals surface area contributed by atoms with E-state index in [-0.39, 0.29) is 0 Å². The maximum atomic E-state index is 5.64. The largest absolute Gasteiger partial charge is 0.376 e. The van der Waals surface area contributed by atoms with Gasteiger partial charge in [-0.1, -0.05) is 18.2 Å². The zero-order chi connectivity index (χ0) is 11.2. The lowest BCUT2D eigenvalue weighted by molar-refractivity contribution is 0.124. The molecule has 3 heteroatoms. The van der Waals surface area contributed by atoms with Crippen LogP contribution in [0.25, 0.3) is 0 Å². The highest BCUT2D eigenvalue weighted by molar-refractivity contribution is 14.1. The number of rotatable bonds is 5. The van der Waals surface area contributed by atoms with Crippen molar-refractivity contribution in [3.05, 3.63) is 55.8 Å². The van der Waals surface area contributed by atoms with Gasteiger partial charge in [-0.15, -0.1) is 11.3 Å². The summed E-state index contributed by atoms with van der Waals surface area (Å²) in [6, 6.07) is 12.7. The zero-order valence-electron chi connectivity index (χ0n) is 8.86. The molecule has 0 aliphatic carbocycles. The Morgan fingerprint density at radius 3 is 2.62 bits per heavy atom. The Labute approximate surface area is 114 Å². The van der Waals surface area contributed by atoms with E-state index >= 15 is 0 Å². The summed E-state index contributed by atoms with van der Waals surface area (Å²) in [5, 5.41) is 2.11. The van der Waals surface area contributed by atoms with Gasteiger partial charge in [-0.05, 0) is 51.7 Å². The number of hydrogen-bond donors (Lipinski definition) is 0. The summed E-state index contributed by atoms with van der Waals surface area (Å²) in [5.41, 5.74) is 1.24. The maximum absolute atomic E-state index is 5.64. The Balaban J connectivity index is 1.70. The smallest absolute Gasteiger partial charge is 0.0717 e. The molecule has 0 radical (unpaired) electrons. The first-order valence-corrected chi connectivity index (χ1v) is 7.15. The molecule has 0 unspecified atom stereocenters. The van der Waals surface area contributed by atoms with Crippen LogP contribution < -0.4 is 0 Å². The first-order chi connectivity index (χ1) is 7.84. The van der Waals surface area contributed by atoms with Crippen molar-refractivity contribution in [2.45, 2.75) is 13.0 Å². The molecule has 84 valence electrons. The summed E-state index contributed by atoms with van der Waals surface area (Å²) in [6.45, 7) is 1.51. The molecule has 0 fully saturated rings. The van der Waals surface area contributed by atoms with Crippen molar-refractivity contribution in [3.63, 3.8) is 0 Å². The second-order valence-electron chi connectivity index (χ2n) is 3.51. The van der Waals surface area contributed by atoms with Gasteiger partial charge in [-0.3, -0.25) is 0 Å². The van der Waals surface area contributed by atoms with Crippen molar-refractivity contribution in [2.24, 2.45) is 0 Å². The monoisotopic (exact) mass is 344 g/mol. The van der Waals surface area contributed by atoms with Gasteiger partial charge >= 0.3 is 0 Å². The SMILES string of the molecule is Ic1ccc(COCCc2cccs2)cc1. The van der Waals surface area contributed by atoms with E-state index in [9.17, 15) is 0 Å². The Bertz CT molecular complexity index is 408. The number of hydrogen-bond acceptors (Lipinski definition) is 2. The average molecular weight is 344 g/mol. The van der Waals surface area contributed by atoms with Crippen LogP contribution in [0, 0.1) is 3.57 Å². The van der Waals surface area contributed by atoms with Gasteiger partial charge in [0.2, 0.25) is 0 Å².